The van der Waals surface area contributed by atoms with Crippen LogP contribution in [0.15, 0.2) is 166 Å². The molecule has 1 rings (SSSR count). The van der Waals surface area contributed by atoms with Gasteiger partial charge in [-0.1, -0.05) is 128 Å². The van der Waals surface area contributed by atoms with Gasteiger partial charge in [-0.3, -0.25) is 0 Å². The van der Waals surface area contributed by atoms with Crippen molar-refractivity contribution in [1.82, 2.24) is 36.8 Å². The monoisotopic (exact) mass is 765 g/mol. The van der Waals surface area contributed by atoms with Crippen molar-refractivity contribution in [2.24, 2.45) is 11.1 Å². The van der Waals surface area contributed by atoms with E-state index in [2.05, 4.69) is 148 Å². The second kappa shape index (κ2) is 27.4. The van der Waals surface area contributed by atoms with E-state index in [0.29, 0.717) is 25.3 Å². The van der Waals surface area contributed by atoms with Gasteiger partial charge in [-0.15, -0.1) is 6.58 Å². The molecule has 0 amide bonds. The second-order valence-corrected chi connectivity index (χ2v) is 15.2. The average molecular weight is 765 g/mol. The summed E-state index contributed by atoms with van der Waals surface area (Å²) in [6.45, 7) is 49.1. The second-order valence-electron chi connectivity index (χ2n) is 15.2. The number of benzene rings is 1. The fourth-order valence-corrected chi connectivity index (χ4v) is 5.66. The Morgan fingerprint density at radius 3 is 1.98 bits per heavy atom. The molecule has 1 aromatic carbocycles. The van der Waals surface area contributed by atoms with Gasteiger partial charge in [-0.2, -0.15) is 0 Å². The van der Waals surface area contributed by atoms with Gasteiger partial charge in [0.1, 0.15) is 0 Å². The van der Waals surface area contributed by atoms with Gasteiger partial charge in [0.2, 0.25) is 0 Å². The number of nitrogens with zero attached hydrogens (tertiary/aromatic N) is 1. The third kappa shape index (κ3) is 21.6. The van der Waals surface area contributed by atoms with Crippen LogP contribution in [0.1, 0.15) is 70.8 Å². The predicted octanol–water partition coefficient (Wildman–Crippen LogP) is 8.58. The molecule has 1 unspecified atom stereocenters. The minimum Gasteiger partial charge on any atom is -0.402 e. The summed E-state index contributed by atoms with van der Waals surface area (Å²) in [4.78, 5) is 2.17. The minimum absolute atomic E-state index is 0.0309. The molecule has 8 N–H and O–H groups in total. The standard InChI is InChI=1S/C48H76N8/c1-14-16-26-41(7)56(13)32-23-19-20-25-37(3)54-46(29-17-15-2)42(8)52-35-39(5)51-36-40(6)55-47(33-45-27-21-18-22-28-45)43(9)53-34-38(4)50-31-24-30-48(11,12)44(10)49/h14-16,18,21-22,26-28,46-47,50-55H,1-10,17,19-20,23-25,29-36,49H2,11-13H3/b26-16-/t46-,47?/m0/s1. The van der Waals surface area contributed by atoms with E-state index in [1.807, 2.05) is 24.3 Å². The van der Waals surface area contributed by atoms with Gasteiger partial charge in [-0.05, 0) is 63.0 Å². The summed E-state index contributed by atoms with van der Waals surface area (Å²) >= 11 is 0. The zero-order valence-corrected chi connectivity index (χ0v) is 35.3. The Kier molecular flexibility index (Phi) is 23.8. The average Bonchev–Trinajstić information content (AvgIpc) is 3.17. The molecule has 0 bridgehead atoms. The molecule has 0 saturated carbocycles. The summed E-state index contributed by atoms with van der Waals surface area (Å²) in [5.41, 5.74) is 14.1. The molecule has 0 spiro atoms. The highest BCUT2D eigenvalue weighted by molar-refractivity contribution is 5.22. The van der Waals surface area contributed by atoms with Gasteiger partial charge >= 0.3 is 0 Å². The van der Waals surface area contributed by atoms with Crippen molar-refractivity contribution >= 4 is 0 Å². The van der Waals surface area contributed by atoms with Gasteiger partial charge < -0.3 is 42.5 Å². The van der Waals surface area contributed by atoms with Crippen LogP contribution in [0.5, 0.6) is 0 Å². The topological polar surface area (TPSA) is 101 Å². The highest BCUT2D eigenvalue weighted by atomic mass is 15.1. The lowest BCUT2D eigenvalue weighted by Gasteiger charge is -2.27. The highest BCUT2D eigenvalue weighted by Crippen LogP contribution is 2.26. The first kappa shape index (κ1) is 48.8. The van der Waals surface area contributed by atoms with Crippen LogP contribution >= 0.6 is 0 Å². The molecular formula is C48H76N8. The Labute approximate surface area is 342 Å². The van der Waals surface area contributed by atoms with Crippen LogP contribution in [0.4, 0.5) is 0 Å². The van der Waals surface area contributed by atoms with Crippen molar-refractivity contribution in [2.45, 2.75) is 83.7 Å². The van der Waals surface area contributed by atoms with Crippen molar-refractivity contribution in [1.29, 1.82) is 0 Å². The van der Waals surface area contributed by atoms with Crippen LogP contribution in [0.2, 0.25) is 0 Å². The summed E-state index contributed by atoms with van der Waals surface area (Å²) in [5.74, 6) is 0. The van der Waals surface area contributed by atoms with Gasteiger partial charge in [-0.25, -0.2) is 0 Å². The maximum atomic E-state index is 5.95. The zero-order valence-electron chi connectivity index (χ0n) is 35.3. The molecule has 0 saturated heterocycles. The van der Waals surface area contributed by atoms with E-state index in [1.165, 1.54) is 5.56 Å². The molecule has 1 aromatic rings. The smallest absolute Gasteiger partial charge is 0.0691 e. The highest BCUT2D eigenvalue weighted by Gasteiger charge is 2.19. The number of hydrogen-bond donors (Lipinski definition) is 7. The number of nitrogens with two attached hydrogens (primary N) is 1. The van der Waals surface area contributed by atoms with Crippen LogP contribution in [-0.4, -0.2) is 56.8 Å². The molecular weight excluding hydrogens is 689 g/mol. The number of hydrogen-bond acceptors (Lipinski definition) is 8. The number of likely N-dealkylation sites (N-methyl/N-ethyl adjacent to an activating group) is 1. The van der Waals surface area contributed by atoms with Crippen molar-refractivity contribution < 1.29 is 0 Å². The van der Waals surface area contributed by atoms with E-state index >= 15 is 0 Å². The molecule has 0 aliphatic rings. The third-order valence-electron chi connectivity index (χ3n) is 9.76. The Morgan fingerprint density at radius 2 is 1.36 bits per heavy atom. The zero-order chi connectivity index (χ0) is 41.9. The fraction of sp³-hybridized carbons (Fsp3) is 0.417. The number of rotatable bonds is 35. The van der Waals surface area contributed by atoms with Crippen molar-refractivity contribution in [3.63, 3.8) is 0 Å². The molecule has 56 heavy (non-hydrogen) atoms. The molecule has 8 nitrogen and oxygen atoms in total. The lowest BCUT2D eigenvalue weighted by molar-refractivity contribution is 0.388. The van der Waals surface area contributed by atoms with E-state index in [0.717, 1.165) is 111 Å². The van der Waals surface area contributed by atoms with Crippen molar-refractivity contribution in [3.8, 4) is 0 Å². The maximum absolute atomic E-state index is 5.95. The van der Waals surface area contributed by atoms with Gasteiger partial charge in [0.05, 0.1) is 31.7 Å². The molecule has 8 heteroatoms. The van der Waals surface area contributed by atoms with Gasteiger partial charge in [0, 0.05) is 71.1 Å². The van der Waals surface area contributed by atoms with E-state index in [1.54, 1.807) is 6.08 Å². The van der Waals surface area contributed by atoms with E-state index in [-0.39, 0.29) is 17.5 Å². The summed E-state index contributed by atoms with van der Waals surface area (Å²) in [5, 5.41) is 21.0. The number of nitrogens with one attached hydrogen (secondary N) is 6. The van der Waals surface area contributed by atoms with Crippen LogP contribution in [0, 0.1) is 5.41 Å². The van der Waals surface area contributed by atoms with Crippen LogP contribution in [0.25, 0.3) is 0 Å². The predicted molar refractivity (Wildman–Crippen MR) is 246 cm³/mol. The van der Waals surface area contributed by atoms with Crippen LogP contribution in [-0.2, 0) is 6.42 Å². The summed E-state index contributed by atoms with van der Waals surface area (Å²) in [6, 6.07) is 10.3. The van der Waals surface area contributed by atoms with E-state index in [4.69, 9.17) is 5.73 Å². The number of unbranched alkanes of at least 4 members (excludes halogenated alkanes) is 2. The largest absolute Gasteiger partial charge is 0.402 e. The van der Waals surface area contributed by atoms with E-state index < -0.39 is 0 Å². The Bertz CT molecular complexity index is 1500. The lowest BCUT2D eigenvalue weighted by Crippen LogP contribution is -2.41. The Hall–Kier alpha value is -5.24. The van der Waals surface area contributed by atoms with Crippen LogP contribution < -0.4 is 37.6 Å². The molecule has 0 aliphatic heterocycles. The van der Waals surface area contributed by atoms with Gasteiger partial charge in [0.15, 0.2) is 0 Å². The molecule has 2 atom stereocenters. The first-order chi connectivity index (χ1) is 26.6. The van der Waals surface area contributed by atoms with E-state index in [9.17, 15) is 0 Å². The molecule has 308 valence electrons. The van der Waals surface area contributed by atoms with Crippen molar-refractivity contribution in [3.05, 3.63) is 172 Å². The third-order valence-corrected chi connectivity index (χ3v) is 9.76. The number of allylic oxidation sites excluding steroid dienone is 6. The molecule has 0 radical (unpaired) electrons. The van der Waals surface area contributed by atoms with Gasteiger partial charge in [0.25, 0.3) is 0 Å². The van der Waals surface area contributed by atoms with Crippen molar-refractivity contribution in [2.75, 3.05) is 39.8 Å². The lowest BCUT2D eigenvalue weighted by atomic mass is 9.85. The summed E-state index contributed by atoms with van der Waals surface area (Å²) < 4.78 is 0. The summed E-state index contributed by atoms with van der Waals surface area (Å²) in [6.07, 6.45) is 16.2. The Balaban J connectivity index is 2.59. The maximum Gasteiger partial charge on any atom is 0.0691 e. The Morgan fingerprint density at radius 1 is 0.750 bits per heavy atom. The van der Waals surface area contributed by atoms with Crippen LogP contribution in [0.3, 0.4) is 0 Å². The first-order valence-corrected chi connectivity index (χ1v) is 20.0. The quantitative estimate of drug-likeness (QED) is 0.0210. The molecule has 0 aliphatic carbocycles. The fourth-order valence-electron chi connectivity index (χ4n) is 5.66. The molecule has 0 fully saturated rings. The summed E-state index contributed by atoms with van der Waals surface area (Å²) in [7, 11) is 2.07. The molecule has 0 heterocycles. The molecule has 0 aromatic heterocycles. The minimum atomic E-state index is -0.0852. The SMILES string of the molecule is C=C/C=C\C(=C)N(C)CCCCCC(=C)N[C@@H](CCC=C)C(=C)NCC(=C)NCC(=C)NC(Cc1ccccc1)C(=C)NCC(=C)NCCCC(C)(C)C(=C)N. The normalized spacial score (nSPS) is 12.0. The first-order valence-electron chi connectivity index (χ1n) is 20.0.